The first-order valence-corrected chi connectivity index (χ1v) is 17.3. The van der Waals surface area contributed by atoms with Crippen LogP contribution >= 0.6 is 0 Å². The molecule has 252 valence electrons. The quantitative estimate of drug-likeness (QED) is 0.0377. The highest BCUT2D eigenvalue weighted by molar-refractivity contribution is 5.69. The third-order valence-electron chi connectivity index (χ3n) is 7.41. The van der Waals surface area contributed by atoms with Crippen LogP contribution in [-0.4, -0.2) is 47.6 Å². The Morgan fingerprint density at radius 3 is 1.68 bits per heavy atom. The molecule has 0 radical (unpaired) electrons. The summed E-state index contributed by atoms with van der Waals surface area (Å²) in [6.07, 6.45) is 35.9. The minimum Gasteiger partial charge on any atom is -0.463 e. The predicted octanol–water partition coefficient (Wildman–Crippen LogP) is 9.27. The van der Waals surface area contributed by atoms with E-state index in [4.69, 9.17) is 9.47 Å². The van der Waals surface area contributed by atoms with Gasteiger partial charge in [0, 0.05) is 12.8 Å². The fraction of sp³-hybridized carbons (Fsp3) is 0.684. The van der Waals surface area contributed by atoms with Gasteiger partial charge in [-0.05, 0) is 50.9 Å². The number of aliphatic hydroxyl groups is 2. The van der Waals surface area contributed by atoms with Gasteiger partial charge in [-0.3, -0.25) is 9.59 Å². The van der Waals surface area contributed by atoms with Crippen LogP contribution in [-0.2, 0) is 19.1 Å². The summed E-state index contributed by atoms with van der Waals surface area (Å²) in [5, 5.41) is 20.0. The van der Waals surface area contributed by atoms with Crippen molar-refractivity contribution < 1.29 is 29.3 Å². The van der Waals surface area contributed by atoms with Crippen LogP contribution in [0.1, 0.15) is 136 Å². The molecule has 3 atom stereocenters. The van der Waals surface area contributed by atoms with Gasteiger partial charge in [-0.15, -0.1) is 0 Å². The van der Waals surface area contributed by atoms with E-state index in [2.05, 4.69) is 57.2 Å². The van der Waals surface area contributed by atoms with Gasteiger partial charge in [-0.2, -0.15) is 0 Å². The molecule has 6 heteroatoms. The summed E-state index contributed by atoms with van der Waals surface area (Å²) < 4.78 is 10.2. The molecule has 0 spiro atoms. The lowest BCUT2D eigenvalue weighted by Gasteiger charge is -2.12. The molecule has 2 N–H and O–H groups in total. The van der Waals surface area contributed by atoms with Gasteiger partial charge in [-0.1, -0.05) is 139 Å². The van der Waals surface area contributed by atoms with Crippen molar-refractivity contribution in [1.29, 1.82) is 0 Å². The maximum Gasteiger partial charge on any atom is 0.305 e. The van der Waals surface area contributed by atoms with Crippen molar-refractivity contribution >= 4 is 11.9 Å². The Kier molecular flexibility index (Phi) is 30.2. The molecule has 0 saturated heterocycles. The number of carbonyl (C=O) groups excluding carboxylic acids is 2. The summed E-state index contributed by atoms with van der Waals surface area (Å²) in [6.45, 7) is 6.32. The molecule has 0 aliphatic carbocycles. The van der Waals surface area contributed by atoms with Crippen LogP contribution in [0.15, 0.2) is 60.8 Å². The molecule has 0 amide bonds. The topological polar surface area (TPSA) is 93.1 Å². The van der Waals surface area contributed by atoms with Crippen LogP contribution in [0.2, 0.25) is 0 Å². The largest absolute Gasteiger partial charge is 0.463 e. The summed E-state index contributed by atoms with van der Waals surface area (Å²) in [4.78, 5) is 23.8. The Morgan fingerprint density at radius 1 is 0.614 bits per heavy atom. The molecule has 0 bridgehead atoms. The zero-order valence-electron chi connectivity index (χ0n) is 28.2. The van der Waals surface area contributed by atoms with Gasteiger partial charge in [0.15, 0.2) is 0 Å². The summed E-state index contributed by atoms with van der Waals surface area (Å²) in [7, 11) is 0. The van der Waals surface area contributed by atoms with Crippen LogP contribution < -0.4 is 0 Å². The van der Waals surface area contributed by atoms with Crippen molar-refractivity contribution in [2.45, 2.75) is 149 Å². The average Bonchev–Trinajstić information content (AvgIpc) is 3.01. The molecule has 0 aromatic heterocycles. The van der Waals surface area contributed by atoms with E-state index in [1.807, 2.05) is 18.2 Å². The second-order valence-electron chi connectivity index (χ2n) is 11.7. The maximum absolute atomic E-state index is 11.9. The lowest BCUT2D eigenvalue weighted by Crippen LogP contribution is -2.25. The van der Waals surface area contributed by atoms with E-state index in [0.717, 1.165) is 50.9 Å². The second kappa shape index (κ2) is 32.0. The van der Waals surface area contributed by atoms with Crippen LogP contribution in [0.4, 0.5) is 0 Å². The summed E-state index contributed by atoms with van der Waals surface area (Å²) >= 11 is 0. The van der Waals surface area contributed by atoms with Crippen molar-refractivity contribution in [3.8, 4) is 0 Å². The molecule has 0 fully saturated rings. The van der Waals surface area contributed by atoms with E-state index in [9.17, 15) is 19.8 Å². The first kappa shape index (κ1) is 41.6. The summed E-state index contributed by atoms with van der Waals surface area (Å²) in [5.41, 5.74) is 0. The van der Waals surface area contributed by atoms with Gasteiger partial charge in [0.25, 0.3) is 0 Å². The minimum absolute atomic E-state index is 0.152. The SMILES string of the molecule is CC/C=C\C/C=C\C/C=C\C/C=C\C=C\C(O)CCCC(=O)OC[C@H](O)COC(=O)CCCCCCCCCCC(C)CC. The van der Waals surface area contributed by atoms with Gasteiger partial charge in [0.05, 0.1) is 6.10 Å². The van der Waals surface area contributed by atoms with E-state index in [-0.39, 0.29) is 25.6 Å². The number of rotatable bonds is 29. The minimum atomic E-state index is -1.04. The summed E-state index contributed by atoms with van der Waals surface area (Å²) in [6, 6.07) is 0. The zero-order valence-corrected chi connectivity index (χ0v) is 28.2. The normalized spacial score (nSPS) is 14.4. The lowest BCUT2D eigenvalue weighted by molar-refractivity contribution is -0.152. The van der Waals surface area contributed by atoms with Crippen molar-refractivity contribution in [3.63, 3.8) is 0 Å². The van der Waals surface area contributed by atoms with E-state index < -0.39 is 18.2 Å². The molecule has 44 heavy (non-hydrogen) atoms. The van der Waals surface area contributed by atoms with Crippen molar-refractivity contribution in [2.75, 3.05) is 13.2 Å². The number of esters is 2. The first-order chi connectivity index (χ1) is 21.4. The van der Waals surface area contributed by atoms with E-state index >= 15 is 0 Å². The highest BCUT2D eigenvalue weighted by atomic mass is 16.6. The fourth-order valence-electron chi connectivity index (χ4n) is 4.38. The van der Waals surface area contributed by atoms with Gasteiger partial charge in [0.2, 0.25) is 0 Å². The standard InChI is InChI=1S/C38H64O6/c1-4-6-7-8-9-10-11-12-13-14-18-21-24-28-35(39)29-26-31-38(42)44-33-36(40)32-43-37(41)30-25-22-19-16-15-17-20-23-27-34(3)5-2/h6-7,9-10,12-13,18,21,24,28,34-36,39-40H,4-5,8,11,14-17,19-20,22-23,25-27,29-33H2,1-3H3/b7-6-,10-9-,13-12-,21-18-,28-24+/t34?,35?,36-/m1/s1. The molecule has 0 saturated carbocycles. The van der Waals surface area contributed by atoms with Gasteiger partial charge < -0.3 is 19.7 Å². The van der Waals surface area contributed by atoms with E-state index in [0.29, 0.717) is 19.3 Å². The smallest absolute Gasteiger partial charge is 0.305 e. The van der Waals surface area contributed by atoms with Gasteiger partial charge >= 0.3 is 11.9 Å². The number of carbonyl (C=O) groups is 2. The Labute approximate surface area is 269 Å². The first-order valence-electron chi connectivity index (χ1n) is 17.3. The fourth-order valence-corrected chi connectivity index (χ4v) is 4.38. The highest BCUT2D eigenvalue weighted by Crippen LogP contribution is 2.15. The maximum atomic E-state index is 11.9. The van der Waals surface area contributed by atoms with Crippen LogP contribution in [0.3, 0.4) is 0 Å². The van der Waals surface area contributed by atoms with Gasteiger partial charge in [0.1, 0.15) is 19.3 Å². The number of aliphatic hydroxyl groups excluding tert-OH is 2. The molecule has 0 aliphatic rings. The Hall–Kier alpha value is -2.44. The molecule has 0 aliphatic heterocycles. The molecular weight excluding hydrogens is 552 g/mol. The van der Waals surface area contributed by atoms with Crippen molar-refractivity contribution in [1.82, 2.24) is 0 Å². The monoisotopic (exact) mass is 616 g/mol. The zero-order chi connectivity index (χ0) is 32.5. The van der Waals surface area contributed by atoms with Crippen LogP contribution in [0.25, 0.3) is 0 Å². The van der Waals surface area contributed by atoms with Crippen molar-refractivity contribution in [3.05, 3.63) is 60.8 Å². The molecule has 0 heterocycles. The average molecular weight is 617 g/mol. The Balaban J connectivity index is 3.71. The highest BCUT2D eigenvalue weighted by Gasteiger charge is 2.12. The lowest BCUT2D eigenvalue weighted by atomic mass is 9.99. The summed E-state index contributed by atoms with van der Waals surface area (Å²) in [5.74, 6) is 0.0758. The molecule has 0 aromatic rings. The molecule has 6 nitrogen and oxygen atoms in total. The number of unbranched alkanes of at least 4 members (excludes halogenated alkanes) is 7. The number of allylic oxidation sites excluding steroid dienone is 9. The van der Waals surface area contributed by atoms with Crippen LogP contribution in [0.5, 0.6) is 0 Å². The van der Waals surface area contributed by atoms with E-state index in [1.54, 1.807) is 6.08 Å². The van der Waals surface area contributed by atoms with E-state index in [1.165, 1.54) is 44.9 Å². The van der Waals surface area contributed by atoms with Crippen LogP contribution in [0, 0.1) is 5.92 Å². The third-order valence-corrected chi connectivity index (χ3v) is 7.41. The second-order valence-corrected chi connectivity index (χ2v) is 11.7. The number of hydrogen-bond acceptors (Lipinski definition) is 6. The molecule has 0 rings (SSSR count). The third kappa shape index (κ3) is 31.0. The van der Waals surface area contributed by atoms with Crippen molar-refractivity contribution in [2.24, 2.45) is 5.92 Å². The molecule has 2 unspecified atom stereocenters. The molecule has 0 aromatic carbocycles. The Morgan fingerprint density at radius 2 is 1.11 bits per heavy atom. The molecular formula is C38H64O6. The number of ether oxygens (including phenoxy) is 2. The predicted molar refractivity (Wildman–Crippen MR) is 183 cm³/mol. The Bertz CT molecular complexity index is 825. The van der Waals surface area contributed by atoms with Gasteiger partial charge in [-0.25, -0.2) is 0 Å². The number of hydrogen-bond donors (Lipinski definition) is 2.